The number of aromatic nitrogens is 2. The van der Waals surface area contributed by atoms with Gasteiger partial charge in [0, 0.05) is 16.5 Å². The first-order valence-corrected chi connectivity index (χ1v) is 9.85. The molecule has 2 heterocycles. The quantitative estimate of drug-likeness (QED) is 0.732. The van der Waals surface area contributed by atoms with Gasteiger partial charge in [-0.1, -0.05) is 49.6 Å². The molecule has 1 aliphatic carbocycles. The van der Waals surface area contributed by atoms with Crippen LogP contribution in [0, 0.1) is 6.92 Å². The summed E-state index contributed by atoms with van der Waals surface area (Å²) in [5.41, 5.74) is 2.06. The van der Waals surface area contributed by atoms with Gasteiger partial charge in [-0.2, -0.15) is 0 Å². The molecule has 2 N–H and O–H groups in total. The van der Waals surface area contributed by atoms with E-state index in [0.29, 0.717) is 12.6 Å². The number of hydrogen-bond acceptors (Lipinski definition) is 4. The number of fused-ring (bicyclic) bond motifs is 1. The van der Waals surface area contributed by atoms with E-state index in [4.69, 9.17) is 4.98 Å². The van der Waals surface area contributed by atoms with Gasteiger partial charge in [-0.3, -0.25) is 4.79 Å². The lowest BCUT2D eigenvalue weighted by Gasteiger charge is -2.22. The smallest absolute Gasteiger partial charge is 0.260 e. The van der Waals surface area contributed by atoms with Crippen LogP contribution in [0.2, 0.25) is 0 Å². The van der Waals surface area contributed by atoms with Gasteiger partial charge in [0.1, 0.15) is 10.7 Å². The van der Waals surface area contributed by atoms with E-state index in [9.17, 15) is 4.79 Å². The van der Waals surface area contributed by atoms with Gasteiger partial charge in [-0.25, -0.2) is 4.98 Å². The molecule has 0 spiro atoms. The summed E-state index contributed by atoms with van der Waals surface area (Å²) < 4.78 is 0. The molecule has 1 saturated carbocycles. The van der Waals surface area contributed by atoms with Crippen molar-refractivity contribution in [3.63, 3.8) is 0 Å². The Morgan fingerprint density at radius 1 is 1.20 bits per heavy atom. The molecule has 1 aliphatic rings. The largest absolute Gasteiger partial charge is 0.309 e. The summed E-state index contributed by atoms with van der Waals surface area (Å²) in [5.74, 6) is 0.740. The molecule has 3 aromatic rings. The third-order valence-electron chi connectivity index (χ3n) is 5.01. The van der Waals surface area contributed by atoms with Crippen LogP contribution in [0.3, 0.4) is 0 Å². The van der Waals surface area contributed by atoms with Gasteiger partial charge in [0.15, 0.2) is 0 Å². The Morgan fingerprint density at radius 3 is 2.72 bits per heavy atom. The molecule has 25 heavy (non-hydrogen) atoms. The van der Waals surface area contributed by atoms with E-state index in [1.807, 2.05) is 30.3 Å². The SMILES string of the molecule is Cc1sc2nc(CNC3CCCCC3)[nH]c(=O)c2c1-c1ccccc1. The molecule has 2 aromatic heterocycles. The second kappa shape index (κ2) is 7.10. The van der Waals surface area contributed by atoms with Crippen LogP contribution in [0.5, 0.6) is 0 Å². The molecule has 1 aromatic carbocycles. The number of aromatic amines is 1. The summed E-state index contributed by atoms with van der Waals surface area (Å²) in [7, 11) is 0. The first-order valence-electron chi connectivity index (χ1n) is 9.03. The van der Waals surface area contributed by atoms with Crippen molar-refractivity contribution in [2.45, 2.75) is 51.6 Å². The maximum Gasteiger partial charge on any atom is 0.260 e. The first-order chi connectivity index (χ1) is 12.2. The van der Waals surface area contributed by atoms with Crippen molar-refractivity contribution in [2.24, 2.45) is 0 Å². The van der Waals surface area contributed by atoms with Gasteiger partial charge in [0.05, 0.1) is 11.9 Å². The molecule has 0 unspecified atom stereocenters. The average Bonchev–Trinajstić information content (AvgIpc) is 2.98. The monoisotopic (exact) mass is 353 g/mol. The minimum atomic E-state index is -0.0337. The van der Waals surface area contributed by atoms with Gasteiger partial charge in [-0.05, 0) is 25.3 Å². The third-order valence-corrected chi connectivity index (χ3v) is 6.01. The molecule has 0 atom stereocenters. The highest BCUT2D eigenvalue weighted by Gasteiger charge is 2.17. The Bertz CT molecular complexity index is 923. The van der Waals surface area contributed by atoms with Crippen LogP contribution in [0.25, 0.3) is 21.3 Å². The van der Waals surface area contributed by atoms with Crippen LogP contribution in [-0.4, -0.2) is 16.0 Å². The molecular formula is C20H23N3OS. The highest BCUT2D eigenvalue weighted by atomic mass is 32.1. The summed E-state index contributed by atoms with van der Waals surface area (Å²) in [6.07, 6.45) is 6.39. The fourth-order valence-electron chi connectivity index (χ4n) is 3.75. The summed E-state index contributed by atoms with van der Waals surface area (Å²) >= 11 is 1.60. The van der Waals surface area contributed by atoms with E-state index in [2.05, 4.69) is 17.2 Å². The summed E-state index contributed by atoms with van der Waals surface area (Å²) in [4.78, 5) is 22.4. The number of aryl methyl sites for hydroxylation is 1. The standard InChI is InChI=1S/C20H23N3OS/c1-13-17(14-8-4-2-5-9-14)18-19(24)22-16(23-20(18)25-13)12-21-15-10-6-3-7-11-15/h2,4-5,8-9,15,21H,3,6-7,10-12H2,1H3,(H,22,23,24). The van der Waals surface area contributed by atoms with Crippen molar-refractivity contribution in [1.82, 2.24) is 15.3 Å². The van der Waals surface area contributed by atoms with E-state index >= 15 is 0 Å². The summed E-state index contributed by atoms with van der Waals surface area (Å²) in [6, 6.07) is 10.6. The molecule has 0 aliphatic heterocycles. The Hall–Kier alpha value is -1.98. The van der Waals surface area contributed by atoms with E-state index in [1.165, 1.54) is 32.1 Å². The van der Waals surface area contributed by atoms with Crippen LogP contribution in [0.4, 0.5) is 0 Å². The first kappa shape index (κ1) is 16.5. The number of nitrogens with one attached hydrogen (secondary N) is 2. The van der Waals surface area contributed by atoms with Crippen LogP contribution in [0.15, 0.2) is 35.1 Å². The topological polar surface area (TPSA) is 57.8 Å². The van der Waals surface area contributed by atoms with E-state index in [-0.39, 0.29) is 5.56 Å². The zero-order chi connectivity index (χ0) is 17.2. The van der Waals surface area contributed by atoms with Gasteiger partial charge in [-0.15, -0.1) is 11.3 Å². The second-order valence-electron chi connectivity index (χ2n) is 6.81. The zero-order valence-electron chi connectivity index (χ0n) is 14.5. The van der Waals surface area contributed by atoms with Gasteiger partial charge < -0.3 is 10.3 Å². The Labute approximate surface area is 151 Å². The minimum Gasteiger partial charge on any atom is -0.309 e. The lowest BCUT2D eigenvalue weighted by atomic mass is 9.95. The molecule has 0 saturated heterocycles. The van der Waals surface area contributed by atoms with Crippen LogP contribution in [0.1, 0.15) is 42.8 Å². The van der Waals surface area contributed by atoms with Crippen molar-refractivity contribution < 1.29 is 0 Å². The third kappa shape index (κ3) is 3.39. The fraction of sp³-hybridized carbons (Fsp3) is 0.400. The van der Waals surface area contributed by atoms with Crippen molar-refractivity contribution in [3.8, 4) is 11.1 Å². The second-order valence-corrected chi connectivity index (χ2v) is 8.01. The average molecular weight is 353 g/mol. The predicted molar refractivity (Wildman–Crippen MR) is 104 cm³/mol. The number of nitrogens with zero attached hydrogens (tertiary/aromatic N) is 1. The van der Waals surface area contributed by atoms with Crippen LogP contribution in [-0.2, 0) is 6.54 Å². The molecule has 1 fully saturated rings. The Morgan fingerprint density at radius 2 is 1.96 bits per heavy atom. The molecular weight excluding hydrogens is 330 g/mol. The summed E-state index contributed by atoms with van der Waals surface area (Å²) in [5, 5.41) is 4.27. The molecule has 4 nitrogen and oxygen atoms in total. The van der Waals surface area contributed by atoms with Gasteiger partial charge >= 0.3 is 0 Å². The maximum atomic E-state index is 12.7. The molecule has 4 rings (SSSR count). The van der Waals surface area contributed by atoms with Crippen molar-refractivity contribution >= 4 is 21.6 Å². The van der Waals surface area contributed by atoms with E-state index in [1.54, 1.807) is 11.3 Å². The number of rotatable bonds is 4. The Kier molecular flexibility index (Phi) is 4.68. The molecule has 0 amide bonds. The molecule has 0 bridgehead atoms. The minimum absolute atomic E-state index is 0.0337. The number of H-pyrrole nitrogens is 1. The van der Waals surface area contributed by atoms with E-state index in [0.717, 1.165) is 32.0 Å². The molecule has 130 valence electrons. The number of hydrogen-bond donors (Lipinski definition) is 2. The van der Waals surface area contributed by atoms with Crippen LogP contribution >= 0.6 is 11.3 Å². The lowest BCUT2D eigenvalue weighted by Crippen LogP contribution is -2.31. The fourth-order valence-corrected chi connectivity index (χ4v) is 4.81. The Balaban J connectivity index is 1.66. The van der Waals surface area contributed by atoms with Crippen molar-refractivity contribution in [1.29, 1.82) is 0 Å². The van der Waals surface area contributed by atoms with Crippen LogP contribution < -0.4 is 10.9 Å². The number of thiophene rings is 1. The zero-order valence-corrected chi connectivity index (χ0v) is 15.3. The predicted octanol–water partition coefficient (Wildman–Crippen LogP) is 4.38. The van der Waals surface area contributed by atoms with E-state index < -0.39 is 0 Å². The lowest BCUT2D eigenvalue weighted by molar-refractivity contribution is 0.369. The van der Waals surface area contributed by atoms with Gasteiger partial charge in [0.25, 0.3) is 5.56 Å². The highest BCUT2D eigenvalue weighted by Crippen LogP contribution is 2.35. The normalized spacial score (nSPS) is 15.7. The molecule has 0 radical (unpaired) electrons. The molecule has 5 heteroatoms. The van der Waals surface area contributed by atoms with Gasteiger partial charge in [0.2, 0.25) is 0 Å². The number of benzene rings is 1. The van der Waals surface area contributed by atoms with Crippen molar-refractivity contribution in [2.75, 3.05) is 0 Å². The summed E-state index contributed by atoms with van der Waals surface area (Å²) in [6.45, 7) is 2.70. The maximum absolute atomic E-state index is 12.7. The van der Waals surface area contributed by atoms with Crippen molar-refractivity contribution in [3.05, 3.63) is 51.4 Å². The highest BCUT2D eigenvalue weighted by molar-refractivity contribution is 7.19.